The van der Waals surface area contributed by atoms with Crippen LogP contribution < -0.4 is 0 Å². The maximum Gasteiger partial charge on any atom is 0.325 e. The van der Waals surface area contributed by atoms with Crippen LogP contribution in [0, 0.1) is 0 Å². The number of piperidine rings is 1. The Balaban J connectivity index is 1.84. The van der Waals surface area contributed by atoms with Crippen LogP contribution >= 0.6 is 11.8 Å². The minimum Gasteiger partial charge on any atom is -0.460 e. The first kappa shape index (κ1) is 12.4. The van der Waals surface area contributed by atoms with Crippen LogP contribution in [0.15, 0.2) is 30.3 Å². The van der Waals surface area contributed by atoms with Crippen molar-refractivity contribution in [3.63, 3.8) is 0 Å². The maximum atomic E-state index is 11.8. The summed E-state index contributed by atoms with van der Waals surface area (Å²) in [6, 6.07) is 9.38. The van der Waals surface area contributed by atoms with E-state index in [2.05, 4.69) is 0 Å². The Labute approximate surface area is 106 Å². The number of carbonyl (C=O) groups excluding carboxylic acids is 1. The van der Waals surface area contributed by atoms with Gasteiger partial charge in [-0.05, 0) is 36.6 Å². The van der Waals surface area contributed by atoms with E-state index in [0.717, 1.165) is 31.4 Å². The monoisotopic (exact) mass is 253 g/mol. The fraction of sp³-hybridized carbons (Fsp3) is 0.462. The second-order valence-corrected chi connectivity index (χ2v) is 4.66. The largest absolute Gasteiger partial charge is 0.460 e. The molecular weight excluding hydrogens is 238 g/mol. The van der Waals surface area contributed by atoms with E-state index in [1.807, 2.05) is 30.3 Å². The number of hydrogen-bond acceptors (Lipinski definition) is 3. The second-order valence-electron chi connectivity index (χ2n) is 4.23. The van der Waals surface area contributed by atoms with Gasteiger partial charge in [0.15, 0.2) is 0 Å². The van der Waals surface area contributed by atoms with E-state index < -0.39 is 0 Å². The van der Waals surface area contributed by atoms with Gasteiger partial charge in [0.25, 0.3) is 0 Å². The minimum atomic E-state index is -0.283. The van der Waals surface area contributed by atoms with Gasteiger partial charge in [-0.3, -0.25) is 4.79 Å². The zero-order valence-corrected chi connectivity index (χ0v) is 10.4. The summed E-state index contributed by atoms with van der Waals surface area (Å²) in [5.74, 6) is -0.219. The van der Waals surface area contributed by atoms with Crippen molar-refractivity contribution in [2.24, 2.45) is 0 Å². The van der Waals surface area contributed by atoms with Crippen molar-refractivity contribution in [1.29, 1.82) is 0 Å². The van der Waals surface area contributed by atoms with Gasteiger partial charge in [-0.1, -0.05) is 30.3 Å². The van der Waals surface area contributed by atoms with Gasteiger partial charge in [0.1, 0.15) is 12.6 Å². The summed E-state index contributed by atoms with van der Waals surface area (Å²) >= 11 is 5.99. The average molecular weight is 254 g/mol. The third-order valence-electron chi connectivity index (χ3n) is 2.93. The van der Waals surface area contributed by atoms with Crippen molar-refractivity contribution in [1.82, 2.24) is 4.42 Å². The van der Waals surface area contributed by atoms with E-state index >= 15 is 0 Å². The summed E-state index contributed by atoms with van der Waals surface area (Å²) in [6.45, 7) is 1.08. The van der Waals surface area contributed by atoms with Crippen LogP contribution in [-0.4, -0.2) is 23.0 Å². The first-order valence-corrected chi connectivity index (χ1v) is 6.24. The summed E-state index contributed by atoms with van der Waals surface area (Å²) in [5.41, 5.74) is 0.998. The summed E-state index contributed by atoms with van der Waals surface area (Å²) < 4.78 is 6.84. The molecule has 1 aliphatic heterocycles. The fourth-order valence-corrected chi connectivity index (χ4v) is 2.25. The molecule has 1 heterocycles. The Morgan fingerprint density at radius 1 is 1.35 bits per heavy atom. The highest BCUT2D eigenvalue weighted by Gasteiger charge is 2.28. The molecule has 0 aliphatic carbocycles. The molecule has 1 aliphatic rings. The number of carbonyl (C=O) groups is 1. The van der Waals surface area contributed by atoms with Crippen molar-refractivity contribution >= 4 is 17.7 Å². The fourth-order valence-electron chi connectivity index (χ4n) is 1.95. The van der Waals surface area contributed by atoms with Crippen LogP contribution in [0.2, 0.25) is 0 Å². The summed E-state index contributed by atoms with van der Waals surface area (Å²) in [7, 11) is 0. The quantitative estimate of drug-likeness (QED) is 0.613. The second kappa shape index (κ2) is 6.03. The van der Waals surface area contributed by atoms with E-state index in [0.29, 0.717) is 6.61 Å². The summed E-state index contributed by atoms with van der Waals surface area (Å²) in [6.07, 6.45) is 2.87. The lowest BCUT2D eigenvalue weighted by atomic mass is 10.1. The molecule has 0 radical (unpaired) electrons. The molecule has 0 N–H and O–H groups in total. The zero-order valence-electron chi connectivity index (χ0n) is 9.64. The predicted octanol–water partition coefficient (Wildman–Crippen LogP) is 2.74. The van der Waals surface area contributed by atoms with E-state index in [-0.39, 0.29) is 12.0 Å². The van der Waals surface area contributed by atoms with Crippen LogP contribution in [0.3, 0.4) is 0 Å². The molecule has 0 bridgehead atoms. The van der Waals surface area contributed by atoms with Crippen molar-refractivity contribution in [2.75, 3.05) is 6.54 Å². The van der Waals surface area contributed by atoms with Gasteiger partial charge in [-0.15, -0.1) is 0 Å². The highest BCUT2D eigenvalue weighted by atomic mass is 35.5. The van der Waals surface area contributed by atoms with Crippen molar-refractivity contribution in [3.05, 3.63) is 35.9 Å². The van der Waals surface area contributed by atoms with Crippen molar-refractivity contribution in [2.45, 2.75) is 31.9 Å². The highest BCUT2D eigenvalue weighted by Crippen LogP contribution is 2.20. The molecule has 0 spiro atoms. The van der Waals surface area contributed by atoms with Gasteiger partial charge in [0, 0.05) is 6.54 Å². The molecule has 1 aromatic rings. The Hall–Kier alpha value is -1.06. The number of nitrogens with zero attached hydrogens (tertiary/aromatic N) is 1. The Bertz CT molecular complexity index is 369. The van der Waals surface area contributed by atoms with Gasteiger partial charge in [0.05, 0.1) is 0 Å². The lowest BCUT2D eigenvalue weighted by Gasteiger charge is -2.27. The van der Waals surface area contributed by atoms with Gasteiger partial charge in [0.2, 0.25) is 0 Å². The first-order valence-electron chi connectivity index (χ1n) is 5.90. The third kappa shape index (κ3) is 3.45. The Morgan fingerprint density at radius 2 is 2.12 bits per heavy atom. The summed E-state index contributed by atoms with van der Waals surface area (Å²) in [4.78, 5) is 11.8. The normalized spacial score (nSPS) is 21.1. The number of benzene rings is 1. The SMILES string of the molecule is O=C(OCc1ccccc1)[C@@H]1CCCCN1Cl. The van der Waals surface area contributed by atoms with E-state index in [1.54, 1.807) is 4.42 Å². The molecular formula is C13H16ClNO2. The molecule has 0 saturated carbocycles. The Morgan fingerprint density at radius 3 is 2.82 bits per heavy atom. The molecule has 1 fully saturated rings. The van der Waals surface area contributed by atoms with Gasteiger partial charge in [-0.2, -0.15) is 0 Å². The average Bonchev–Trinajstić information content (AvgIpc) is 2.38. The van der Waals surface area contributed by atoms with Crippen LogP contribution in [0.5, 0.6) is 0 Å². The molecule has 92 valence electrons. The van der Waals surface area contributed by atoms with Gasteiger partial charge in [-0.25, -0.2) is 4.42 Å². The molecule has 1 atom stereocenters. The summed E-state index contributed by atoms with van der Waals surface area (Å²) in [5, 5.41) is 0. The highest BCUT2D eigenvalue weighted by molar-refractivity contribution is 6.14. The molecule has 0 aromatic heterocycles. The van der Waals surface area contributed by atoms with Gasteiger partial charge < -0.3 is 4.74 Å². The number of hydrogen-bond donors (Lipinski definition) is 0. The van der Waals surface area contributed by atoms with Crippen LogP contribution in [0.4, 0.5) is 0 Å². The smallest absolute Gasteiger partial charge is 0.325 e. The van der Waals surface area contributed by atoms with Crippen LogP contribution in [0.1, 0.15) is 24.8 Å². The molecule has 4 heteroatoms. The zero-order chi connectivity index (χ0) is 12.1. The maximum absolute atomic E-state index is 11.8. The minimum absolute atomic E-state index is 0.219. The predicted molar refractivity (Wildman–Crippen MR) is 66.4 cm³/mol. The van der Waals surface area contributed by atoms with Gasteiger partial charge >= 0.3 is 5.97 Å². The molecule has 2 rings (SSSR count). The molecule has 17 heavy (non-hydrogen) atoms. The van der Waals surface area contributed by atoms with E-state index in [4.69, 9.17) is 16.5 Å². The molecule has 0 unspecified atom stereocenters. The number of ether oxygens (including phenoxy) is 1. The molecule has 0 amide bonds. The Kier molecular flexibility index (Phi) is 4.40. The number of esters is 1. The topological polar surface area (TPSA) is 29.5 Å². The third-order valence-corrected chi connectivity index (χ3v) is 3.34. The lowest BCUT2D eigenvalue weighted by molar-refractivity contribution is -0.150. The van der Waals surface area contributed by atoms with Crippen LogP contribution in [0.25, 0.3) is 0 Å². The standard InChI is InChI=1S/C13H16ClNO2/c14-15-9-5-4-8-12(15)13(16)17-10-11-6-2-1-3-7-11/h1-3,6-7,12H,4-5,8-10H2/t12-/m0/s1. The van der Waals surface area contributed by atoms with E-state index in [1.165, 1.54) is 0 Å². The van der Waals surface area contributed by atoms with Crippen LogP contribution in [-0.2, 0) is 16.1 Å². The first-order chi connectivity index (χ1) is 8.27. The lowest BCUT2D eigenvalue weighted by Crippen LogP contribution is -2.39. The number of halogens is 1. The number of rotatable bonds is 3. The van der Waals surface area contributed by atoms with Crippen molar-refractivity contribution < 1.29 is 9.53 Å². The molecule has 1 saturated heterocycles. The van der Waals surface area contributed by atoms with Crippen molar-refractivity contribution in [3.8, 4) is 0 Å². The molecule has 3 nitrogen and oxygen atoms in total. The molecule has 1 aromatic carbocycles. The van der Waals surface area contributed by atoms with E-state index in [9.17, 15) is 4.79 Å².